The first-order valence-corrected chi connectivity index (χ1v) is 8.17. The van der Waals surface area contributed by atoms with E-state index in [0.717, 1.165) is 39.2 Å². The van der Waals surface area contributed by atoms with Crippen molar-refractivity contribution in [3.8, 4) is 5.75 Å². The zero-order chi connectivity index (χ0) is 15.2. The molecule has 0 spiro atoms. The maximum atomic E-state index is 6.06. The third-order valence-electron chi connectivity index (χ3n) is 3.31. The third-order valence-corrected chi connectivity index (χ3v) is 4.04. The van der Waals surface area contributed by atoms with E-state index in [1.54, 1.807) is 0 Å². The predicted octanol–water partition coefficient (Wildman–Crippen LogP) is 4.96. The van der Waals surface area contributed by atoms with Crippen LogP contribution < -0.4 is 10.5 Å². The molecule has 112 valence electrons. The van der Waals surface area contributed by atoms with Crippen molar-refractivity contribution >= 4 is 27.5 Å². The number of ether oxygens (including phenoxy) is 1. The maximum absolute atomic E-state index is 6.06. The number of hydrogen-bond acceptors (Lipinski definition) is 2. The fourth-order valence-corrected chi connectivity index (χ4v) is 2.68. The second-order valence-corrected chi connectivity index (χ2v) is 6.40. The molecule has 0 aromatic heterocycles. The fraction of sp³-hybridized carbons (Fsp3) is 0.294. The van der Waals surface area contributed by atoms with Crippen LogP contribution in [-0.2, 0) is 13.0 Å². The lowest BCUT2D eigenvalue weighted by Crippen LogP contribution is -2.21. The molecule has 2 N–H and O–H groups in total. The largest absolute Gasteiger partial charge is 0.489 e. The van der Waals surface area contributed by atoms with Gasteiger partial charge in [-0.1, -0.05) is 46.6 Å². The van der Waals surface area contributed by atoms with Gasteiger partial charge in [0.1, 0.15) is 12.4 Å². The Hall–Kier alpha value is -1.03. The summed E-state index contributed by atoms with van der Waals surface area (Å²) in [5, 5.41) is 0.722. The van der Waals surface area contributed by atoms with Crippen molar-refractivity contribution < 1.29 is 4.74 Å². The SMILES string of the molecule is CCC(N)Cc1cc(Br)ccc1OCc1cccc(Cl)c1. The summed E-state index contributed by atoms with van der Waals surface area (Å²) in [6, 6.07) is 13.9. The summed E-state index contributed by atoms with van der Waals surface area (Å²) in [4.78, 5) is 0. The normalized spacial score (nSPS) is 12.2. The number of rotatable bonds is 6. The zero-order valence-electron chi connectivity index (χ0n) is 12.0. The third kappa shape index (κ3) is 5.03. The predicted molar refractivity (Wildman–Crippen MR) is 91.9 cm³/mol. The van der Waals surface area contributed by atoms with E-state index in [0.29, 0.717) is 6.61 Å². The van der Waals surface area contributed by atoms with Gasteiger partial charge in [0, 0.05) is 15.5 Å². The van der Waals surface area contributed by atoms with E-state index in [1.165, 1.54) is 0 Å². The van der Waals surface area contributed by atoms with Crippen molar-refractivity contribution in [1.29, 1.82) is 0 Å². The van der Waals surface area contributed by atoms with Crippen molar-refractivity contribution in [2.45, 2.75) is 32.4 Å². The molecular weight excluding hydrogens is 350 g/mol. The van der Waals surface area contributed by atoms with E-state index >= 15 is 0 Å². The van der Waals surface area contributed by atoms with Crippen LogP contribution in [0.3, 0.4) is 0 Å². The summed E-state index contributed by atoms with van der Waals surface area (Å²) >= 11 is 9.49. The average molecular weight is 369 g/mol. The second kappa shape index (κ2) is 7.83. The Morgan fingerprint density at radius 2 is 2.05 bits per heavy atom. The molecule has 0 saturated carbocycles. The molecule has 0 bridgehead atoms. The lowest BCUT2D eigenvalue weighted by atomic mass is 10.0. The summed E-state index contributed by atoms with van der Waals surface area (Å²) in [5.74, 6) is 0.877. The second-order valence-electron chi connectivity index (χ2n) is 5.04. The van der Waals surface area contributed by atoms with Gasteiger partial charge in [0.15, 0.2) is 0 Å². The monoisotopic (exact) mass is 367 g/mol. The van der Waals surface area contributed by atoms with Gasteiger partial charge in [0.05, 0.1) is 0 Å². The lowest BCUT2D eigenvalue weighted by Gasteiger charge is -2.15. The van der Waals surface area contributed by atoms with Crippen LogP contribution in [0.4, 0.5) is 0 Å². The zero-order valence-corrected chi connectivity index (χ0v) is 14.3. The number of hydrogen-bond donors (Lipinski definition) is 1. The Morgan fingerprint density at radius 3 is 2.76 bits per heavy atom. The fourth-order valence-electron chi connectivity index (χ4n) is 2.06. The molecule has 0 radical (unpaired) electrons. The van der Waals surface area contributed by atoms with Crippen LogP contribution in [0.2, 0.25) is 5.02 Å². The van der Waals surface area contributed by atoms with E-state index in [-0.39, 0.29) is 6.04 Å². The van der Waals surface area contributed by atoms with Gasteiger partial charge in [-0.25, -0.2) is 0 Å². The summed E-state index contributed by atoms with van der Waals surface area (Å²) in [6.07, 6.45) is 1.75. The molecule has 1 atom stereocenters. The lowest BCUT2D eigenvalue weighted by molar-refractivity contribution is 0.302. The van der Waals surface area contributed by atoms with Gasteiger partial charge in [-0.2, -0.15) is 0 Å². The summed E-state index contributed by atoms with van der Waals surface area (Å²) < 4.78 is 6.98. The molecule has 21 heavy (non-hydrogen) atoms. The Kier molecular flexibility index (Phi) is 6.09. The van der Waals surface area contributed by atoms with Crippen LogP contribution in [-0.4, -0.2) is 6.04 Å². The molecule has 0 aliphatic heterocycles. The van der Waals surface area contributed by atoms with Crippen LogP contribution in [0.25, 0.3) is 0 Å². The Morgan fingerprint density at radius 1 is 1.24 bits per heavy atom. The van der Waals surface area contributed by atoms with Gasteiger partial charge >= 0.3 is 0 Å². The first kappa shape index (κ1) is 16.3. The smallest absolute Gasteiger partial charge is 0.123 e. The summed E-state index contributed by atoms with van der Waals surface area (Å²) in [7, 11) is 0. The van der Waals surface area contributed by atoms with E-state index < -0.39 is 0 Å². The highest BCUT2D eigenvalue weighted by Crippen LogP contribution is 2.26. The van der Waals surface area contributed by atoms with Gasteiger partial charge < -0.3 is 10.5 Å². The molecule has 2 nitrogen and oxygen atoms in total. The minimum Gasteiger partial charge on any atom is -0.489 e. The number of halogens is 2. The first-order valence-electron chi connectivity index (χ1n) is 6.99. The quantitative estimate of drug-likeness (QED) is 0.782. The Bertz CT molecular complexity index is 603. The van der Waals surface area contributed by atoms with Crippen molar-refractivity contribution in [2.24, 2.45) is 5.73 Å². The van der Waals surface area contributed by atoms with Crippen LogP contribution >= 0.6 is 27.5 Å². The molecule has 2 aromatic carbocycles. The molecule has 0 fully saturated rings. The molecule has 1 unspecified atom stereocenters. The van der Waals surface area contributed by atoms with E-state index in [1.807, 2.05) is 36.4 Å². The standard InChI is InChI=1S/C17H19BrClNO/c1-2-16(20)10-13-9-14(18)6-7-17(13)21-11-12-4-3-5-15(19)8-12/h3-9,16H,2,10-11,20H2,1H3. The maximum Gasteiger partial charge on any atom is 0.123 e. The highest BCUT2D eigenvalue weighted by atomic mass is 79.9. The van der Waals surface area contributed by atoms with E-state index in [2.05, 4.69) is 28.9 Å². The van der Waals surface area contributed by atoms with Crippen molar-refractivity contribution in [2.75, 3.05) is 0 Å². The van der Waals surface area contributed by atoms with Gasteiger partial charge in [-0.3, -0.25) is 0 Å². The molecule has 0 heterocycles. The van der Waals surface area contributed by atoms with Crippen LogP contribution in [0.1, 0.15) is 24.5 Å². The summed E-state index contributed by atoms with van der Waals surface area (Å²) in [6.45, 7) is 2.59. The van der Waals surface area contributed by atoms with Gasteiger partial charge in [0.2, 0.25) is 0 Å². The van der Waals surface area contributed by atoms with Crippen molar-refractivity contribution in [1.82, 2.24) is 0 Å². The number of benzene rings is 2. The minimum absolute atomic E-state index is 0.146. The minimum atomic E-state index is 0.146. The molecule has 2 rings (SSSR count). The van der Waals surface area contributed by atoms with E-state index in [4.69, 9.17) is 22.1 Å². The number of nitrogens with two attached hydrogens (primary N) is 1. The van der Waals surface area contributed by atoms with Crippen LogP contribution in [0.15, 0.2) is 46.9 Å². The molecular formula is C17H19BrClNO. The Balaban J connectivity index is 2.11. The molecule has 0 aliphatic rings. The summed E-state index contributed by atoms with van der Waals surface area (Å²) in [5.41, 5.74) is 8.24. The van der Waals surface area contributed by atoms with Crippen LogP contribution in [0, 0.1) is 0 Å². The average Bonchev–Trinajstić information content (AvgIpc) is 2.46. The van der Waals surface area contributed by atoms with Gasteiger partial charge in [-0.05, 0) is 54.3 Å². The molecule has 0 aliphatic carbocycles. The van der Waals surface area contributed by atoms with E-state index in [9.17, 15) is 0 Å². The molecule has 2 aromatic rings. The molecule has 4 heteroatoms. The van der Waals surface area contributed by atoms with Crippen molar-refractivity contribution in [3.63, 3.8) is 0 Å². The van der Waals surface area contributed by atoms with Crippen molar-refractivity contribution in [3.05, 3.63) is 63.1 Å². The Labute approximate surface area is 139 Å². The highest BCUT2D eigenvalue weighted by molar-refractivity contribution is 9.10. The topological polar surface area (TPSA) is 35.2 Å². The van der Waals surface area contributed by atoms with Gasteiger partial charge in [0.25, 0.3) is 0 Å². The molecule has 0 saturated heterocycles. The first-order chi connectivity index (χ1) is 10.1. The van der Waals surface area contributed by atoms with Gasteiger partial charge in [-0.15, -0.1) is 0 Å². The molecule has 0 amide bonds. The highest BCUT2D eigenvalue weighted by Gasteiger charge is 2.09. The van der Waals surface area contributed by atoms with Crippen LogP contribution in [0.5, 0.6) is 5.75 Å².